The highest BCUT2D eigenvalue weighted by Crippen LogP contribution is 2.36. The number of alkyl halides is 3. The number of ether oxygens (including phenoxy) is 2. The zero-order valence-corrected chi connectivity index (χ0v) is 14.1. The van der Waals surface area contributed by atoms with Crippen LogP contribution in [0.3, 0.4) is 0 Å². The van der Waals surface area contributed by atoms with Gasteiger partial charge in [0.2, 0.25) is 5.91 Å². The van der Waals surface area contributed by atoms with Crippen LogP contribution in [0.1, 0.15) is 27.2 Å². The maximum Gasteiger partial charge on any atom is 0.412 e. The smallest absolute Gasteiger partial charge is 0.412 e. The Labute approximate surface area is 142 Å². The van der Waals surface area contributed by atoms with E-state index in [0.717, 1.165) is 0 Å². The molecule has 1 aliphatic rings. The topological polar surface area (TPSA) is 67.9 Å². The lowest BCUT2D eigenvalue weighted by Crippen LogP contribution is -2.38. The fourth-order valence-electron chi connectivity index (χ4n) is 2.22. The molecule has 0 aromatic heterocycles. The molecule has 0 bridgehead atoms. The number of fused-ring (bicyclic) bond motifs is 1. The van der Waals surface area contributed by atoms with Crippen LogP contribution in [-0.2, 0) is 9.53 Å². The van der Waals surface area contributed by atoms with Crippen LogP contribution in [0.25, 0.3) is 0 Å². The molecule has 25 heavy (non-hydrogen) atoms. The Morgan fingerprint density at radius 2 is 2.00 bits per heavy atom. The molecule has 1 aromatic carbocycles. The van der Waals surface area contributed by atoms with Crippen LogP contribution in [0.5, 0.6) is 5.75 Å². The maximum atomic E-state index is 12.8. The maximum absolute atomic E-state index is 12.8. The van der Waals surface area contributed by atoms with Crippen LogP contribution in [0.2, 0.25) is 0 Å². The van der Waals surface area contributed by atoms with Gasteiger partial charge in [-0.2, -0.15) is 13.2 Å². The van der Waals surface area contributed by atoms with Crippen molar-refractivity contribution in [3.63, 3.8) is 0 Å². The first-order valence-electron chi connectivity index (χ1n) is 7.58. The van der Waals surface area contributed by atoms with Crippen LogP contribution >= 0.6 is 0 Å². The van der Waals surface area contributed by atoms with Gasteiger partial charge in [0, 0.05) is 5.69 Å². The number of carbonyl (C=O) groups excluding carboxylic acids is 2. The number of amides is 2. The second-order valence-corrected chi connectivity index (χ2v) is 6.50. The van der Waals surface area contributed by atoms with Crippen molar-refractivity contribution in [3.05, 3.63) is 18.2 Å². The van der Waals surface area contributed by atoms with Gasteiger partial charge in [-0.05, 0) is 39.0 Å². The van der Waals surface area contributed by atoms with Gasteiger partial charge < -0.3 is 9.47 Å². The molecular weight excluding hydrogens is 341 g/mol. The summed E-state index contributed by atoms with van der Waals surface area (Å²) in [5.41, 5.74) is -0.580. The largest absolute Gasteiger partial charge is 0.491 e. The Balaban J connectivity index is 2.29. The SMILES string of the molecule is CC(C)(C)OC(=O)Nc1ccc2c(c1)N(CC(F)(F)F)C(=O)CCO2. The predicted molar refractivity (Wildman–Crippen MR) is 84.8 cm³/mol. The lowest BCUT2D eigenvalue weighted by Gasteiger charge is -2.24. The predicted octanol–water partition coefficient (Wildman–Crippen LogP) is 3.71. The quantitative estimate of drug-likeness (QED) is 0.873. The van der Waals surface area contributed by atoms with Crippen molar-refractivity contribution in [3.8, 4) is 5.75 Å². The molecule has 2 amide bonds. The molecular formula is C16H19F3N2O4. The standard InChI is InChI=1S/C16H19F3N2O4/c1-15(2,3)25-14(23)20-10-4-5-12-11(8-10)21(9-16(17,18)19)13(22)6-7-24-12/h4-5,8H,6-7,9H2,1-3H3,(H,20,23). The summed E-state index contributed by atoms with van der Waals surface area (Å²) in [5.74, 6) is -0.560. The lowest BCUT2D eigenvalue weighted by molar-refractivity contribution is -0.132. The number of rotatable bonds is 2. The van der Waals surface area contributed by atoms with Crippen LogP contribution in [0.15, 0.2) is 18.2 Å². The third-order valence-corrected chi connectivity index (χ3v) is 3.11. The number of benzene rings is 1. The molecule has 9 heteroatoms. The molecule has 0 radical (unpaired) electrons. The van der Waals surface area contributed by atoms with Gasteiger partial charge in [-0.3, -0.25) is 15.0 Å². The first-order chi connectivity index (χ1) is 11.4. The van der Waals surface area contributed by atoms with E-state index in [0.29, 0.717) is 4.90 Å². The Morgan fingerprint density at radius 1 is 1.32 bits per heavy atom. The molecule has 6 nitrogen and oxygen atoms in total. The number of hydrogen-bond acceptors (Lipinski definition) is 4. The first kappa shape index (κ1) is 18.9. The Hall–Kier alpha value is -2.45. The van der Waals surface area contributed by atoms with Gasteiger partial charge in [0.25, 0.3) is 0 Å². The summed E-state index contributed by atoms with van der Waals surface area (Å²) in [7, 11) is 0. The summed E-state index contributed by atoms with van der Waals surface area (Å²) in [6, 6.07) is 4.13. The molecule has 0 spiro atoms. The molecule has 1 aliphatic heterocycles. The van der Waals surface area contributed by atoms with Crippen molar-refractivity contribution >= 4 is 23.4 Å². The number of anilines is 2. The van der Waals surface area contributed by atoms with E-state index in [9.17, 15) is 22.8 Å². The van der Waals surface area contributed by atoms with Crippen molar-refractivity contribution in [1.82, 2.24) is 0 Å². The van der Waals surface area contributed by atoms with E-state index < -0.39 is 30.3 Å². The Morgan fingerprint density at radius 3 is 2.60 bits per heavy atom. The highest BCUT2D eigenvalue weighted by Gasteiger charge is 2.36. The second-order valence-electron chi connectivity index (χ2n) is 6.50. The van der Waals surface area contributed by atoms with Crippen LogP contribution in [-0.4, -0.2) is 36.9 Å². The van der Waals surface area contributed by atoms with Gasteiger partial charge in [0.05, 0.1) is 18.7 Å². The molecule has 0 saturated heterocycles. The molecule has 0 saturated carbocycles. The number of halogens is 3. The number of hydrogen-bond donors (Lipinski definition) is 1. The summed E-state index contributed by atoms with van der Waals surface area (Å²) in [5, 5.41) is 2.43. The van der Waals surface area contributed by atoms with Gasteiger partial charge >= 0.3 is 12.3 Å². The molecule has 1 N–H and O–H groups in total. The van der Waals surface area contributed by atoms with Gasteiger partial charge in [0.1, 0.15) is 17.9 Å². The van der Waals surface area contributed by atoms with E-state index in [2.05, 4.69) is 5.32 Å². The van der Waals surface area contributed by atoms with Gasteiger partial charge in [-0.15, -0.1) is 0 Å². The van der Waals surface area contributed by atoms with Crippen molar-refractivity contribution in [2.45, 2.75) is 39.0 Å². The summed E-state index contributed by atoms with van der Waals surface area (Å²) in [6.45, 7) is 3.60. The highest BCUT2D eigenvalue weighted by molar-refractivity contribution is 5.97. The summed E-state index contributed by atoms with van der Waals surface area (Å²) in [4.78, 5) is 24.4. The monoisotopic (exact) mass is 360 g/mol. The van der Waals surface area contributed by atoms with Gasteiger partial charge in [-0.25, -0.2) is 4.79 Å². The minimum absolute atomic E-state index is 0.0148. The number of carbonyl (C=O) groups is 2. The fourth-order valence-corrected chi connectivity index (χ4v) is 2.22. The van der Waals surface area contributed by atoms with Gasteiger partial charge in [0.15, 0.2) is 0 Å². The molecule has 0 aliphatic carbocycles. The van der Waals surface area contributed by atoms with Crippen molar-refractivity contribution in [2.75, 3.05) is 23.4 Å². The third kappa shape index (κ3) is 5.54. The lowest BCUT2D eigenvalue weighted by atomic mass is 10.2. The van der Waals surface area contributed by atoms with E-state index in [4.69, 9.17) is 9.47 Å². The minimum Gasteiger partial charge on any atom is -0.491 e. The minimum atomic E-state index is -4.56. The number of nitrogens with one attached hydrogen (secondary N) is 1. The summed E-state index contributed by atoms with van der Waals surface area (Å²) < 4.78 is 48.9. The third-order valence-electron chi connectivity index (χ3n) is 3.11. The first-order valence-corrected chi connectivity index (χ1v) is 7.58. The number of nitrogens with zero attached hydrogens (tertiary/aromatic N) is 1. The van der Waals surface area contributed by atoms with Crippen molar-refractivity contribution < 1.29 is 32.2 Å². The molecule has 0 atom stereocenters. The zero-order valence-electron chi connectivity index (χ0n) is 14.1. The zero-order chi connectivity index (χ0) is 18.8. The Kier molecular flexibility index (Phi) is 5.15. The van der Waals surface area contributed by atoms with E-state index >= 15 is 0 Å². The Bertz CT molecular complexity index is 668. The van der Waals surface area contributed by atoms with E-state index in [-0.39, 0.29) is 30.2 Å². The van der Waals surface area contributed by atoms with E-state index in [1.807, 2.05) is 0 Å². The van der Waals surface area contributed by atoms with E-state index in [1.54, 1.807) is 20.8 Å². The van der Waals surface area contributed by atoms with Gasteiger partial charge in [-0.1, -0.05) is 0 Å². The average molecular weight is 360 g/mol. The molecule has 138 valence electrons. The molecule has 2 rings (SSSR count). The van der Waals surface area contributed by atoms with Crippen molar-refractivity contribution in [2.24, 2.45) is 0 Å². The highest BCUT2D eigenvalue weighted by atomic mass is 19.4. The molecule has 1 heterocycles. The van der Waals surface area contributed by atoms with Crippen LogP contribution < -0.4 is 15.0 Å². The van der Waals surface area contributed by atoms with Crippen molar-refractivity contribution in [1.29, 1.82) is 0 Å². The molecule has 1 aromatic rings. The summed E-state index contributed by atoms with van der Waals surface area (Å²) >= 11 is 0. The van der Waals surface area contributed by atoms with Crippen LogP contribution in [0, 0.1) is 0 Å². The average Bonchev–Trinajstić information content (AvgIpc) is 2.56. The molecule has 0 unspecified atom stereocenters. The van der Waals surface area contributed by atoms with Crippen LogP contribution in [0.4, 0.5) is 29.3 Å². The second kappa shape index (κ2) is 6.81. The fraction of sp³-hybridized carbons (Fsp3) is 0.500. The molecule has 0 fully saturated rings. The normalized spacial score (nSPS) is 15.1. The summed E-state index contributed by atoms with van der Waals surface area (Å²) in [6.07, 6.45) is -5.48. The van der Waals surface area contributed by atoms with E-state index in [1.165, 1.54) is 18.2 Å².